The molecule has 12 heteroatoms. The van der Waals surface area contributed by atoms with Crippen molar-refractivity contribution in [2.24, 2.45) is 0 Å². The van der Waals surface area contributed by atoms with Crippen LogP contribution in [0, 0.1) is 0 Å². The zero-order valence-corrected chi connectivity index (χ0v) is 22.0. The van der Waals surface area contributed by atoms with Crippen LogP contribution in [0.25, 0.3) is 0 Å². The van der Waals surface area contributed by atoms with E-state index in [-0.39, 0.29) is 50.7 Å². The van der Waals surface area contributed by atoms with E-state index in [1.54, 1.807) is 0 Å². The first-order valence-corrected chi connectivity index (χ1v) is 12.8. The van der Waals surface area contributed by atoms with Crippen LogP contribution in [-0.4, -0.2) is 96.8 Å². The number of ether oxygens (including phenoxy) is 2. The lowest BCUT2D eigenvalue weighted by atomic mass is 9.94. The van der Waals surface area contributed by atoms with Crippen molar-refractivity contribution in [3.8, 4) is 0 Å². The number of esters is 2. The number of hydrogen-bond donors (Lipinski definition) is 2. The Morgan fingerprint density at radius 2 is 1.61 bits per heavy atom. The normalized spacial score (nSPS) is 20.4. The molecule has 0 aromatic heterocycles. The van der Waals surface area contributed by atoms with E-state index in [2.05, 4.69) is 23.8 Å². The van der Waals surface area contributed by atoms with E-state index >= 15 is 0 Å². The quantitative estimate of drug-likeness (QED) is 0.139. The first-order valence-electron chi connectivity index (χ1n) is 12.8. The maximum atomic E-state index is 13.0. The van der Waals surface area contributed by atoms with Crippen LogP contribution >= 0.6 is 0 Å². The van der Waals surface area contributed by atoms with Crippen LogP contribution in [0.1, 0.15) is 51.4 Å². The van der Waals surface area contributed by atoms with Crippen LogP contribution in [0.4, 0.5) is 0 Å². The van der Waals surface area contributed by atoms with Gasteiger partial charge in [-0.05, 0) is 38.5 Å². The average Bonchev–Trinajstić information content (AvgIpc) is 3.59. The van der Waals surface area contributed by atoms with Crippen molar-refractivity contribution in [3.05, 3.63) is 25.3 Å². The van der Waals surface area contributed by atoms with Crippen LogP contribution in [-0.2, 0) is 38.2 Å². The lowest BCUT2D eigenvalue weighted by molar-refractivity contribution is -0.165. The Labute approximate surface area is 222 Å². The second-order valence-corrected chi connectivity index (χ2v) is 9.15. The minimum absolute atomic E-state index is 0.0477. The molecule has 2 saturated heterocycles. The highest BCUT2D eigenvalue weighted by molar-refractivity contribution is 6.10. The standard InChI is InChI=1S/C26H38N4O8/c1-4-14-27-20(31)18-38-23(34)19-10-8-16-29(19)21(32)11-6-7-12-22(33)30-17-9-13-26(30,25(36)37-3)24(35)28-15-5-2/h4-5,19H,1-2,6-18H2,3H3,(H,27,31)(H,28,35)/t19-,26-/m1/s1. The molecule has 2 aliphatic heterocycles. The molecule has 0 aromatic rings. The summed E-state index contributed by atoms with van der Waals surface area (Å²) in [4.78, 5) is 78.1. The second kappa shape index (κ2) is 14.9. The summed E-state index contributed by atoms with van der Waals surface area (Å²) in [5, 5.41) is 5.11. The number of nitrogens with one attached hydrogen (secondary N) is 2. The van der Waals surface area contributed by atoms with Gasteiger partial charge < -0.3 is 29.9 Å². The van der Waals surface area contributed by atoms with Gasteiger partial charge in [-0.25, -0.2) is 9.59 Å². The van der Waals surface area contributed by atoms with Gasteiger partial charge in [-0.2, -0.15) is 0 Å². The van der Waals surface area contributed by atoms with E-state index in [0.29, 0.717) is 38.6 Å². The number of nitrogens with zero attached hydrogens (tertiary/aromatic N) is 2. The maximum Gasteiger partial charge on any atom is 0.341 e. The molecule has 2 aliphatic rings. The maximum absolute atomic E-state index is 13.0. The lowest BCUT2D eigenvalue weighted by Gasteiger charge is -2.34. The number of methoxy groups -OCH3 is 1. The number of amides is 4. The zero-order chi connectivity index (χ0) is 28.1. The van der Waals surface area contributed by atoms with Gasteiger partial charge in [0.1, 0.15) is 6.04 Å². The first-order chi connectivity index (χ1) is 18.2. The fourth-order valence-electron chi connectivity index (χ4n) is 4.79. The molecule has 0 aromatic carbocycles. The van der Waals surface area contributed by atoms with Gasteiger partial charge >= 0.3 is 11.9 Å². The number of carbonyl (C=O) groups is 6. The topological polar surface area (TPSA) is 151 Å². The molecule has 0 saturated carbocycles. The molecular formula is C26H38N4O8. The van der Waals surface area contributed by atoms with Crippen LogP contribution in [0.15, 0.2) is 25.3 Å². The van der Waals surface area contributed by atoms with Gasteiger partial charge in [0.05, 0.1) is 7.11 Å². The number of unbranched alkanes of at least 4 members (excludes halogenated alkanes) is 1. The van der Waals surface area contributed by atoms with Crippen molar-refractivity contribution in [2.45, 2.75) is 62.9 Å². The highest BCUT2D eigenvalue weighted by Crippen LogP contribution is 2.32. The third-order valence-corrected chi connectivity index (χ3v) is 6.65. The van der Waals surface area contributed by atoms with E-state index in [1.807, 2.05) is 0 Å². The molecule has 0 unspecified atom stereocenters. The highest BCUT2D eigenvalue weighted by atomic mass is 16.5. The third-order valence-electron chi connectivity index (χ3n) is 6.65. The summed E-state index contributed by atoms with van der Waals surface area (Å²) < 4.78 is 9.94. The van der Waals surface area contributed by atoms with Crippen LogP contribution in [0.5, 0.6) is 0 Å². The smallest absolute Gasteiger partial charge is 0.341 e. The average molecular weight is 535 g/mol. The van der Waals surface area contributed by atoms with Crippen LogP contribution in [0.2, 0.25) is 0 Å². The van der Waals surface area contributed by atoms with Gasteiger partial charge in [0.25, 0.3) is 11.8 Å². The van der Waals surface area contributed by atoms with Crippen molar-refractivity contribution in [2.75, 3.05) is 39.9 Å². The fourth-order valence-corrected chi connectivity index (χ4v) is 4.79. The van der Waals surface area contributed by atoms with Crippen molar-refractivity contribution in [1.82, 2.24) is 20.4 Å². The van der Waals surface area contributed by atoms with Gasteiger partial charge in [0, 0.05) is 39.0 Å². The summed E-state index contributed by atoms with van der Waals surface area (Å²) in [6, 6.07) is -0.740. The summed E-state index contributed by atoms with van der Waals surface area (Å²) in [5.41, 5.74) is -1.71. The Kier molecular flexibility index (Phi) is 12.0. The van der Waals surface area contributed by atoms with Crippen LogP contribution in [0.3, 0.4) is 0 Å². The molecule has 4 amide bonds. The zero-order valence-electron chi connectivity index (χ0n) is 22.0. The molecule has 210 valence electrons. The molecular weight excluding hydrogens is 496 g/mol. The van der Waals surface area contributed by atoms with E-state index in [4.69, 9.17) is 9.47 Å². The molecule has 2 atom stereocenters. The van der Waals surface area contributed by atoms with E-state index in [0.717, 1.165) is 0 Å². The summed E-state index contributed by atoms with van der Waals surface area (Å²) in [6.07, 6.45) is 5.64. The highest BCUT2D eigenvalue weighted by Gasteiger charge is 2.56. The van der Waals surface area contributed by atoms with E-state index in [1.165, 1.54) is 29.1 Å². The van der Waals surface area contributed by atoms with Crippen LogP contribution < -0.4 is 10.6 Å². The predicted octanol–water partition coefficient (Wildman–Crippen LogP) is 0.220. The summed E-state index contributed by atoms with van der Waals surface area (Å²) in [5.74, 6) is -3.07. The second-order valence-electron chi connectivity index (χ2n) is 9.15. The monoisotopic (exact) mass is 534 g/mol. The largest absolute Gasteiger partial charge is 0.467 e. The molecule has 12 nitrogen and oxygen atoms in total. The minimum atomic E-state index is -1.71. The Hall–Kier alpha value is -3.70. The Bertz CT molecular complexity index is 936. The molecule has 2 fully saturated rings. The third kappa shape index (κ3) is 7.42. The SMILES string of the molecule is C=CCNC(=O)COC(=O)[C@H]1CCCN1C(=O)CCCCC(=O)N1CCC[C@@]1(C(=O)NCC=C)C(=O)OC. The Balaban J connectivity index is 1.86. The van der Waals surface area contributed by atoms with Gasteiger partial charge in [-0.1, -0.05) is 12.2 Å². The number of rotatable bonds is 14. The summed E-state index contributed by atoms with van der Waals surface area (Å²) >= 11 is 0. The Morgan fingerprint density at radius 3 is 2.26 bits per heavy atom. The minimum Gasteiger partial charge on any atom is -0.467 e. The lowest BCUT2D eigenvalue weighted by Crippen LogP contribution is -2.62. The molecule has 0 spiro atoms. The molecule has 0 aliphatic carbocycles. The number of likely N-dealkylation sites (tertiary alicyclic amines) is 2. The molecule has 2 heterocycles. The van der Waals surface area contributed by atoms with Gasteiger partial charge in [-0.15, -0.1) is 13.2 Å². The van der Waals surface area contributed by atoms with Crippen molar-refractivity contribution >= 4 is 35.6 Å². The van der Waals surface area contributed by atoms with Crippen molar-refractivity contribution < 1.29 is 38.2 Å². The number of hydrogen-bond acceptors (Lipinski definition) is 8. The predicted molar refractivity (Wildman–Crippen MR) is 136 cm³/mol. The summed E-state index contributed by atoms with van der Waals surface area (Å²) in [6.45, 7) is 7.68. The molecule has 2 rings (SSSR count). The van der Waals surface area contributed by atoms with Crippen molar-refractivity contribution in [1.29, 1.82) is 0 Å². The van der Waals surface area contributed by atoms with Gasteiger partial charge in [0.15, 0.2) is 6.61 Å². The first kappa shape index (κ1) is 30.5. The molecule has 0 radical (unpaired) electrons. The molecule has 2 N–H and O–H groups in total. The fraction of sp³-hybridized carbons (Fsp3) is 0.615. The van der Waals surface area contributed by atoms with E-state index in [9.17, 15) is 28.8 Å². The van der Waals surface area contributed by atoms with E-state index < -0.39 is 41.9 Å². The Morgan fingerprint density at radius 1 is 0.947 bits per heavy atom. The van der Waals surface area contributed by atoms with Gasteiger partial charge in [0.2, 0.25) is 17.4 Å². The molecule has 38 heavy (non-hydrogen) atoms. The van der Waals surface area contributed by atoms with Gasteiger partial charge in [-0.3, -0.25) is 19.2 Å². The molecule has 0 bridgehead atoms. The summed E-state index contributed by atoms with van der Waals surface area (Å²) in [7, 11) is 1.18. The van der Waals surface area contributed by atoms with Crippen molar-refractivity contribution in [3.63, 3.8) is 0 Å². The number of carbonyl (C=O) groups excluding carboxylic acids is 6.